The highest BCUT2D eigenvalue weighted by Gasteiger charge is 2.34. The Bertz CT molecular complexity index is 934. The molecule has 0 bridgehead atoms. The fraction of sp³-hybridized carbons (Fsp3) is 0.476. The van der Waals surface area contributed by atoms with E-state index >= 15 is 0 Å². The van der Waals surface area contributed by atoms with Gasteiger partial charge in [0, 0.05) is 12.3 Å². The number of carbonyl (C=O) groups excluding carboxylic acids is 2. The number of benzene rings is 1. The Labute approximate surface area is 163 Å². The van der Waals surface area contributed by atoms with E-state index in [1.54, 1.807) is 24.3 Å². The van der Waals surface area contributed by atoms with E-state index in [1.165, 1.54) is 20.0 Å². The fourth-order valence-electron chi connectivity index (χ4n) is 4.43. The Morgan fingerprint density at radius 3 is 2.39 bits per heavy atom. The normalized spacial score (nSPS) is 20.2. The summed E-state index contributed by atoms with van der Waals surface area (Å²) in [6, 6.07) is 7.14. The summed E-state index contributed by atoms with van der Waals surface area (Å²) in [7, 11) is 1.34. The van der Waals surface area contributed by atoms with E-state index in [0.717, 1.165) is 31.2 Å². The largest absolute Gasteiger partial charge is 0.465 e. The summed E-state index contributed by atoms with van der Waals surface area (Å²) >= 11 is 0. The molecule has 2 aromatic rings. The van der Waals surface area contributed by atoms with Crippen LogP contribution in [0.4, 0.5) is 5.82 Å². The lowest BCUT2D eigenvalue weighted by molar-refractivity contribution is -0.116. The summed E-state index contributed by atoms with van der Waals surface area (Å²) in [5.41, 5.74) is 1.74. The molecule has 2 N–H and O–H groups in total. The Balaban J connectivity index is 1.72. The van der Waals surface area contributed by atoms with Gasteiger partial charge in [0.05, 0.1) is 24.3 Å². The number of ether oxygens (including phenoxy) is 1. The van der Waals surface area contributed by atoms with E-state index < -0.39 is 5.97 Å². The van der Waals surface area contributed by atoms with Crippen molar-refractivity contribution >= 4 is 17.7 Å². The second kappa shape index (κ2) is 7.66. The molecule has 7 nitrogen and oxygen atoms in total. The molecule has 1 fully saturated rings. The molecule has 0 saturated heterocycles. The molecule has 148 valence electrons. The first kappa shape index (κ1) is 18.5. The number of nitrogens with zero attached hydrogens (tertiary/aromatic N) is 1. The fourth-order valence-corrected chi connectivity index (χ4v) is 4.43. The van der Waals surface area contributed by atoms with Gasteiger partial charge >= 0.3 is 5.97 Å². The standard InChI is InChI=1S/C21H25N3O4/c1-28-21(27)14-10-8-13(9-11-14)16-12-17(25)22-19-18(16)20(26)23-24(19)15-6-4-2-3-5-7-15/h8-11,15-16H,2-7,12H2,1H3,(H,22,25)(H,23,26). The molecule has 0 radical (unpaired) electrons. The topological polar surface area (TPSA) is 93.2 Å². The molecule has 28 heavy (non-hydrogen) atoms. The number of aromatic amines is 1. The zero-order valence-electron chi connectivity index (χ0n) is 16.0. The highest BCUT2D eigenvalue weighted by molar-refractivity contribution is 5.94. The summed E-state index contributed by atoms with van der Waals surface area (Å²) in [6.07, 6.45) is 6.91. The van der Waals surface area contributed by atoms with Crippen molar-refractivity contribution in [3.05, 3.63) is 51.3 Å². The summed E-state index contributed by atoms with van der Waals surface area (Å²) in [6.45, 7) is 0. The zero-order chi connectivity index (χ0) is 19.7. The van der Waals surface area contributed by atoms with Gasteiger partial charge in [-0.25, -0.2) is 4.79 Å². The van der Waals surface area contributed by atoms with Crippen LogP contribution < -0.4 is 10.9 Å². The number of anilines is 1. The van der Waals surface area contributed by atoms with E-state index in [1.807, 2.05) is 4.68 Å². The maximum Gasteiger partial charge on any atom is 0.337 e. The third-order valence-electron chi connectivity index (χ3n) is 5.88. The predicted octanol–water partition coefficient (Wildman–Crippen LogP) is 3.33. The van der Waals surface area contributed by atoms with Crippen molar-refractivity contribution in [1.82, 2.24) is 9.78 Å². The van der Waals surface area contributed by atoms with Gasteiger partial charge < -0.3 is 10.1 Å². The van der Waals surface area contributed by atoms with Gasteiger partial charge in [0.2, 0.25) is 5.91 Å². The first-order valence-corrected chi connectivity index (χ1v) is 9.91. The average Bonchev–Trinajstić information content (AvgIpc) is 2.89. The maximum absolute atomic E-state index is 12.8. The third-order valence-corrected chi connectivity index (χ3v) is 5.88. The Kier molecular flexibility index (Phi) is 5.07. The number of methoxy groups -OCH3 is 1. The van der Waals surface area contributed by atoms with Crippen LogP contribution in [0.1, 0.15) is 78.4 Å². The van der Waals surface area contributed by atoms with Crippen molar-refractivity contribution in [3.8, 4) is 0 Å². The van der Waals surface area contributed by atoms with Crippen molar-refractivity contribution in [2.75, 3.05) is 12.4 Å². The van der Waals surface area contributed by atoms with Crippen molar-refractivity contribution in [2.45, 2.75) is 56.9 Å². The second-order valence-electron chi connectivity index (χ2n) is 7.64. The minimum atomic E-state index is -0.411. The first-order chi connectivity index (χ1) is 13.6. The number of fused-ring (bicyclic) bond motifs is 1. The number of hydrogen-bond acceptors (Lipinski definition) is 4. The number of esters is 1. The van der Waals surface area contributed by atoms with Gasteiger partial charge in [0.1, 0.15) is 5.82 Å². The summed E-state index contributed by atoms with van der Waals surface area (Å²) in [5.74, 6) is -0.233. The molecule has 1 aromatic carbocycles. The number of carbonyl (C=O) groups is 2. The van der Waals surface area contributed by atoms with Crippen LogP contribution in [0.25, 0.3) is 0 Å². The van der Waals surface area contributed by atoms with Crippen LogP contribution in [-0.2, 0) is 9.53 Å². The first-order valence-electron chi connectivity index (χ1n) is 9.91. The maximum atomic E-state index is 12.8. The van der Waals surface area contributed by atoms with E-state index in [4.69, 9.17) is 4.74 Å². The lowest BCUT2D eigenvalue weighted by Gasteiger charge is -2.26. The van der Waals surface area contributed by atoms with Gasteiger partial charge in [-0.1, -0.05) is 37.8 Å². The second-order valence-corrected chi connectivity index (χ2v) is 7.64. The van der Waals surface area contributed by atoms with Crippen molar-refractivity contribution in [2.24, 2.45) is 0 Å². The van der Waals surface area contributed by atoms with E-state index in [-0.39, 0.29) is 29.8 Å². The van der Waals surface area contributed by atoms with Crippen molar-refractivity contribution in [3.63, 3.8) is 0 Å². The minimum Gasteiger partial charge on any atom is -0.465 e. The van der Waals surface area contributed by atoms with Crippen LogP contribution >= 0.6 is 0 Å². The molecule has 0 spiro atoms. The number of amides is 1. The van der Waals surface area contributed by atoms with Gasteiger partial charge in [-0.05, 0) is 30.5 Å². The molecule has 2 aliphatic rings. The Morgan fingerprint density at radius 2 is 1.75 bits per heavy atom. The third kappa shape index (κ3) is 3.37. The van der Waals surface area contributed by atoms with Crippen LogP contribution in [0, 0.1) is 0 Å². The van der Waals surface area contributed by atoms with Gasteiger partial charge in [-0.15, -0.1) is 0 Å². The quantitative estimate of drug-likeness (QED) is 0.628. The number of hydrogen-bond donors (Lipinski definition) is 2. The molecule has 1 aliphatic heterocycles. The highest BCUT2D eigenvalue weighted by Crippen LogP contribution is 2.38. The lowest BCUT2D eigenvalue weighted by Crippen LogP contribution is -2.27. The minimum absolute atomic E-state index is 0.101. The smallest absolute Gasteiger partial charge is 0.337 e. The van der Waals surface area contributed by atoms with Crippen LogP contribution in [0.3, 0.4) is 0 Å². The van der Waals surface area contributed by atoms with E-state index in [0.29, 0.717) is 16.9 Å². The molecule has 2 heterocycles. The van der Waals surface area contributed by atoms with Gasteiger partial charge in [0.15, 0.2) is 0 Å². The van der Waals surface area contributed by atoms with E-state index in [2.05, 4.69) is 10.4 Å². The number of rotatable bonds is 3. The van der Waals surface area contributed by atoms with E-state index in [9.17, 15) is 14.4 Å². The molecule has 1 aromatic heterocycles. The molecule has 1 saturated carbocycles. The molecular weight excluding hydrogens is 358 g/mol. The van der Waals surface area contributed by atoms with Gasteiger partial charge in [0.25, 0.3) is 5.56 Å². The Hall–Kier alpha value is -2.83. The highest BCUT2D eigenvalue weighted by atomic mass is 16.5. The monoisotopic (exact) mass is 383 g/mol. The summed E-state index contributed by atoms with van der Waals surface area (Å²) < 4.78 is 6.62. The van der Waals surface area contributed by atoms with Gasteiger partial charge in [-0.2, -0.15) is 0 Å². The number of H-pyrrole nitrogens is 1. The van der Waals surface area contributed by atoms with Crippen molar-refractivity contribution < 1.29 is 14.3 Å². The molecular formula is C21H25N3O4. The van der Waals surface area contributed by atoms with Gasteiger partial charge in [-0.3, -0.25) is 19.4 Å². The van der Waals surface area contributed by atoms with Crippen LogP contribution in [0.5, 0.6) is 0 Å². The molecule has 1 atom stereocenters. The zero-order valence-corrected chi connectivity index (χ0v) is 16.0. The summed E-state index contributed by atoms with van der Waals surface area (Å²) in [5, 5.41) is 5.91. The average molecular weight is 383 g/mol. The van der Waals surface area contributed by atoms with Crippen LogP contribution in [0.2, 0.25) is 0 Å². The SMILES string of the molecule is COC(=O)c1ccc(C2CC(=O)Nc3c2c(=O)[nH]n3C2CCCCCC2)cc1. The Morgan fingerprint density at radius 1 is 1.07 bits per heavy atom. The van der Waals surface area contributed by atoms with Crippen LogP contribution in [-0.4, -0.2) is 28.8 Å². The number of nitrogens with one attached hydrogen (secondary N) is 2. The molecule has 4 rings (SSSR count). The molecule has 1 amide bonds. The number of aromatic nitrogens is 2. The molecule has 1 aliphatic carbocycles. The predicted molar refractivity (Wildman–Crippen MR) is 105 cm³/mol. The molecule has 1 unspecified atom stereocenters. The van der Waals surface area contributed by atoms with Crippen LogP contribution in [0.15, 0.2) is 29.1 Å². The van der Waals surface area contributed by atoms with Crippen molar-refractivity contribution in [1.29, 1.82) is 0 Å². The molecule has 7 heteroatoms. The summed E-state index contributed by atoms with van der Waals surface area (Å²) in [4.78, 5) is 36.9. The lowest BCUT2D eigenvalue weighted by atomic mass is 9.86.